The van der Waals surface area contributed by atoms with Crippen molar-refractivity contribution in [3.05, 3.63) is 0 Å². The molecule has 88 valence electrons. The minimum Gasteiger partial charge on any atom is -0.481 e. The number of rotatable bonds is 6. The van der Waals surface area contributed by atoms with E-state index in [1.165, 1.54) is 19.3 Å². The summed E-state index contributed by atoms with van der Waals surface area (Å²) in [6, 6.07) is 0.331. The molecule has 3 heteroatoms. The fourth-order valence-corrected chi connectivity index (χ4v) is 2.32. The van der Waals surface area contributed by atoms with Crippen molar-refractivity contribution in [2.75, 3.05) is 6.54 Å². The van der Waals surface area contributed by atoms with E-state index in [0.717, 1.165) is 24.8 Å². The van der Waals surface area contributed by atoms with Gasteiger partial charge in [0.2, 0.25) is 0 Å². The van der Waals surface area contributed by atoms with Crippen LogP contribution in [-0.2, 0) is 4.79 Å². The molecule has 3 nitrogen and oxygen atoms in total. The van der Waals surface area contributed by atoms with Crippen LogP contribution in [0.25, 0.3) is 0 Å². The second kappa shape index (κ2) is 6.11. The zero-order chi connectivity index (χ0) is 11.3. The molecule has 0 aromatic rings. The molecular weight excluding hydrogens is 190 g/mol. The Hall–Kier alpha value is -0.570. The molecule has 1 saturated carbocycles. The Kier molecular flexibility index (Phi) is 5.09. The van der Waals surface area contributed by atoms with Gasteiger partial charge in [-0.3, -0.25) is 4.79 Å². The van der Waals surface area contributed by atoms with Gasteiger partial charge in [-0.1, -0.05) is 13.3 Å². The van der Waals surface area contributed by atoms with E-state index in [9.17, 15) is 4.79 Å². The lowest BCUT2D eigenvalue weighted by Crippen LogP contribution is -2.31. The van der Waals surface area contributed by atoms with Crippen LogP contribution in [0.15, 0.2) is 0 Å². The Morgan fingerprint density at radius 3 is 2.80 bits per heavy atom. The predicted molar refractivity (Wildman–Crippen MR) is 60.8 cm³/mol. The van der Waals surface area contributed by atoms with Crippen LogP contribution >= 0.6 is 0 Å². The minimum atomic E-state index is -0.696. The second-order valence-electron chi connectivity index (χ2n) is 5.03. The van der Waals surface area contributed by atoms with Crippen LogP contribution in [0.4, 0.5) is 0 Å². The summed E-state index contributed by atoms with van der Waals surface area (Å²) in [5, 5.41) is 12.0. The topological polar surface area (TPSA) is 49.3 Å². The highest BCUT2D eigenvalue weighted by Crippen LogP contribution is 2.29. The molecule has 3 atom stereocenters. The Balaban J connectivity index is 2.06. The van der Waals surface area contributed by atoms with Gasteiger partial charge < -0.3 is 10.4 Å². The lowest BCUT2D eigenvalue weighted by Gasteiger charge is -2.16. The molecule has 1 rings (SSSR count). The highest BCUT2D eigenvalue weighted by atomic mass is 16.4. The summed E-state index contributed by atoms with van der Waals surface area (Å²) in [7, 11) is 0. The number of aliphatic carboxylic acids is 1. The predicted octanol–water partition coefficient (Wildman–Crippen LogP) is 2.27. The van der Waals surface area contributed by atoms with Crippen molar-refractivity contribution in [3.63, 3.8) is 0 Å². The van der Waals surface area contributed by atoms with Gasteiger partial charge >= 0.3 is 5.97 Å². The normalized spacial score (nSPS) is 27.9. The third kappa shape index (κ3) is 5.17. The number of carboxylic acids is 1. The molecule has 0 bridgehead atoms. The largest absolute Gasteiger partial charge is 0.481 e. The molecule has 0 aliphatic heterocycles. The Bertz CT molecular complexity index is 206. The van der Waals surface area contributed by atoms with Crippen molar-refractivity contribution in [3.8, 4) is 0 Å². The van der Waals surface area contributed by atoms with E-state index in [0.29, 0.717) is 6.04 Å². The number of nitrogens with one attached hydrogen (secondary N) is 1. The van der Waals surface area contributed by atoms with E-state index in [2.05, 4.69) is 19.2 Å². The van der Waals surface area contributed by atoms with Crippen molar-refractivity contribution >= 4 is 5.97 Å². The van der Waals surface area contributed by atoms with Gasteiger partial charge in [-0.15, -0.1) is 0 Å². The van der Waals surface area contributed by atoms with Crippen LogP contribution in [0.3, 0.4) is 0 Å². The van der Waals surface area contributed by atoms with E-state index < -0.39 is 5.97 Å². The molecule has 1 aliphatic rings. The maximum absolute atomic E-state index is 10.4. The second-order valence-corrected chi connectivity index (χ2v) is 5.03. The number of hydrogen-bond donors (Lipinski definition) is 2. The zero-order valence-electron chi connectivity index (χ0n) is 9.83. The van der Waals surface area contributed by atoms with Gasteiger partial charge in [0.15, 0.2) is 0 Å². The summed E-state index contributed by atoms with van der Waals surface area (Å²) in [6.45, 7) is 5.44. The lowest BCUT2D eigenvalue weighted by molar-refractivity contribution is -0.137. The maximum atomic E-state index is 10.4. The van der Waals surface area contributed by atoms with Gasteiger partial charge in [0.25, 0.3) is 0 Å². The number of carbonyl (C=O) groups is 1. The van der Waals surface area contributed by atoms with Crippen molar-refractivity contribution < 1.29 is 9.90 Å². The standard InChI is InChI=1S/C12H23NO2/c1-9-3-5-11(7-9)8-13-10(2)4-6-12(14)15/h9-11,13H,3-8H2,1-2H3,(H,14,15). The average Bonchev–Trinajstić information content (AvgIpc) is 2.58. The molecule has 3 unspecified atom stereocenters. The molecule has 0 heterocycles. The molecule has 0 amide bonds. The summed E-state index contributed by atoms with van der Waals surface area (Å²) >= 11 is 0. The molecule has 1 aliphatic carbocycles. The monoisotopic (exact) mass is 213 g/mol. The molecule has 0 aromatic carbocycles. The minimum absolute atomic E-state index is 0.273. The molecule has 2 N–H and O–H groups in total. The van der Waals surface area contributed by atoms with Crippen LogP contribution in [-0.4, -0.2) is 23.7 Å². The van der Waals surface area contributed by atoms with Gasteiger partial charge in [0, 0.05) is 12.5 Å². The quantitative estimate of drug-likeness (QED) is 0.711. The van der Waals surface area contributed by atoms with Crippen molar-refractivity contribution in [1.29, 1.82) is 0 Å². The molecule has 0 radical (unpaired) electrons. The van der Waals surface area contributed by atoms with Gasteiger partial charge in [0.1, 0.15) is 0 Å². The van der Waals surface area contributed by atoms with Crippen LogP contribution in [0.2, 0.25) is 0 Å². The average molecular weight is 213 g/mol. The Morgan fingerprint density at radius 2 is 2.27 bits per heavy atom. The first-order valence-electron chi connectivity index (χ1n) is 6.03. The Morgan fingerprint density at radius 1 is 1.53 bits per heavy atom. The molecule has 1 fully saturated rings. The van der Waals surface area contributed by atoms with Gasteiger partial charge in [-0.25, -0.2) is 0 Å². The van der Waals surface area contributed by atoms with E-state index in [1.54, 1.807) is 0 Å². The van der Waals surface area contributed by atoms with E-state index in [4.69, 9.17) is 5.11 Å². The first-order chi connectivity index (χ1) is 7.08. The third-order valence-electron chi connectivity index (χ3n) is 3.35. The van der Waals surface area contributed by atoms with E-state index >= 15 is 0 Å². The molecule has 0 aromatic heterocycles. The number of carboxylic acid groups (broad SMARTS) is 1. The summed E-state index contributed by atoms with van der Waals surface area (Å²) in [6.07, 6.45) is 5.03. The first-order valence-corrected chi connectivity index (χ1v) is 6.03. The van der Waals surface area contributed by atoms with Gasteiger partial charge in [-0.05, 0) is 44.6 Å². The molecule has 0 saturated heterocycles. The van der Waals surface area contributed by atoms with Crippen molar-refractivity contribution in [1.82, 2.24) is 5.32 Å². The maximum Gasteiger partial charge on any atom is 0.303 e. The third-order valence-corrected chi connectivity index (χ3v) is 3.35. The highest BCUT2D eigenvalue weighted by Gasteiger charge is 2.21. The van der Waals surface area contributed by atoms with Gasteiger partial charge in [0.05, 0.1) is 0 Å². The summed E-state index contributed by atoms with van der Waals surface area (Å²) in [5.41, 5.74) is 0. The van der Waals surface area contributed by atoms with Crippen LogP contribution in [0, 0.1) is 11.8 Å². The SMILES string of the molecule is CC1CCC(CNC(C)CCC(=O)O)C1. The first kappa shape index (κ1) is 12.5. The summed E-state index contributed by atoms with van der Waals surface area (Å²) in [4.78, 5) is 10.4. The van der Waals surface area contributed by atoms with E-state index in [-0.39, 0.29) is 6.42 Å². The van der Waals surface area contributed by atoms with Gasteiger partial charge in [-0.2, -0.15) is 0 Å². The summed E-state index contributed by atoms with van der Waals surface area (Å²) in [5.74, 6) is 0.997. The summed E-state index contributed by atoms with van der Waals surface area (Å²) < 4.78 is 0. The zero-order valence-corrected chi connectivity index (χ0v) is 9.83. The molecule has 0 spiro atoms. The smallest absolute Gasteiger partial charge is 0.303 e. The van der Waals surface area contributed by atoms with E-state index in [1.807, 2.05) is 0 Å². The van der Waals surface area contributed by atoms with Crippen LogP contribution in [0.1, 0.15) is 46.0 Å². The number of hydrogen-bond acceptors (Lipinski definition) is 2. The van der Waals surface area contributed by atoms with Crippen molar-refractivity contribution in [2.24, 2.45) is 11.8 Å². The molecule has 15 heavy (non-hydrogen) atoms. The lowest BCUT2D eigenvalue weighted by atomic mass is 10.1. The fourth-order valence-electron chi connectivity index (χ4n) is 2.32. The van der Waals surface area contributed by atoms with Crippen molar-refractivity contribution in [2.45, 2.75) is 52.0 Å². The Labute approximate surface area is 92.3 Å². The van der Waals surface area contributed by atoms with Crippen LogP contribution in [0.5, 0.6) is 0 Å². The fraction of sp³-hybridized carbons (Fsp3) is 0.917. The molecular formula is C12H23NO2. The highest BCUT2D eigenvalue weighted by molar-refractivity contribution is 5.66. The van der Waals surface area contributed by atoms with Crippen LogP contribution < -0.4 is 5.32 Å².